The Morgan fingerprint density at radius 1 is 1.08 bits per heavy atom. The first-order valence-electron chi connectivity index (χ1n) is 8.36. The van der Waals surface area contributed by atoms with Gasteiger partial charge in [0.1, 0.15) is 5.75 Å². The number of esters is 1. The maximum absolute atomic E-state index is 12.0. The van der Waals surface area contributed by atoms with Gasteiger partial charge in [-0.3, -0.25) is 9.59 Å². The van der Waals surface area contributed by atoms with Crippen molar-refractivity contribution < 1.29 is 19.1 Å². The van der Waals surface area contributed by atoms with Gasteiger partial charge in [0.2, 0.25) is 0 Å². The molecule has 2 aromatic carbocycles. The number of rotatable bonds is 9. The average molecular weight is 373 g/mol. The SMILES string of the molecule is COc1ccc(CCNC(=O)[C@@H](C)OC(=O)CSc2ccccc2)cc1. The third-order valence-electron chi connectivity index (χ3n) is 3.65. The summed E-state index contributed by atoms with van der Waals surface area (Å²) in [5.41, 5.74) is 1.09. The van der Waals surface area contributed by atoms with E-state index >= 15 is 0 Å². The molecule has 0 aliphatic rings. The fourth-order valence-electron chi connectivity index (χ4n) is 2.21. The van der Waals surface area contributed by atoms with Crippen molar-refractivity contribution in [2.24, 2.45) is 0 Å². The molecule has 0 heterocycles. The average Bonchev–Trinajstić information content (AvgIpc) is 2.67. The summed E-state index contributed by atoms with van der Waals surface area (Å²) in [5.74, 6) is 0.271. The zero-order valence-corrected chi connectivity index (χ0v) is 15.8. The van der Waals surface area contributed by atoms with Gasteiger partial charge in [0, 0.05) is 11.4 Å². The minimum atomic E-state index is -0.810. The third-order valence-corrected chi connectivity index (χ3v) is 4.63. The van der Waals surface area contributed by atoms with Gasteiger partial charge in [-0.2, -0.15) is 0 Å². The predicted octanol–water partition coefficient (Wildman–Crippen LogP) is 3.08. The fourth-order valence-corrected chi connectivity index (χ4v) is 2.91. The molecule has 138 valence electrons. The maximum atomic E-state index is 12.0. The van der Waals surface area contributed by atoms with Crippen LogP contribution in [-0.2, 0) is 20.7 Å². The zero-order valence-electron chi connectivity index (χ0n) is 14.9. The van der Waals surface area contributed by atoms with E-state index in [4.69, 9.17) is 9.47 Å². The quantitative estimate of drug-likeness (QED) is 0.541. The highest BCUT2D eigenvalue weighted by Crippen LogP contribution is 2.17. The molecule has 5 nitrogen and oxygen atoms in total. The van der Waals surface area contributed by atoms with Crippen molar-refractivity contribution in [1.82, 2.24) is 5.32 Å². The van der Waals surface area contributed by atoms with Crippen LogP contribution in [0.5, 0.6) is 5.75 Å². The molecular formula is C20H23NO4S. The van der Waals surface area contributed by atoms with Crippen molar-refractivity contribution in [2.45, 2.75) is 24.3 Å². The minimum Gasteiger partial charge on any atom is -0.497 e. The van der Waals surface area contributed by atoms with Crippen LogP contribution in [0.4, 0.5) is 0 Å². The molecule has 0 radical (unpaired) electrons. The van der Waals surface area contributed by atoms with Crippen molar-refractivity contribution >= 4 is 23.6 Å². The number of methoxy groups -OCH3 is 1. The van der Waals surface area contributed by atoms with Gasteiger partial charge < -0.3 is 14.8 Å². The van der Waals surface area contributed by atoms with E-state index in [1.54, 1.807) is 14.0 Å². The summed E-state index contributed by atoms with van der Waals surface area (Å²) in [6.07, 6.45) is -0.116. The van der Waals surface area contributed by atoms with Crippen LogP contribution in [0, 0.1) is 0 Å². The largest absolute Gasteiger partial charge is 0.497 e. The normalized spacial score (nSPS) is 11.5. The van der Waals surface area contributed by atoms with Crippen LogP contribution >= 0.6 is 11.8 Å². The first-order chi connectivity index (χ1) is 12.6. The van der Waals surface area contributed by atoms with Crippen LogP contribution in [0.15, 0.2) is 59.5 Å². The lowest BCUT2D eigenvalue weighted by atomic mass is 10.1. The lowest BCUT2D eigenvalue weighted by Crippen LogP contribution is -2.37. The molecule has 0 bridgehead atoms. The molecule has 0 spiro atoms. The van der Waals surface area contributed by atoms with Crippen LogP contribution in [-0.4, -0.2) is 37.4 Å². The topological polar surface area (TPSA) is 64.6 Å². The van der Waals surface area contributed by atoms with Gasteiger partial charge in [0.05, 0.1) is 12.9 Å². The lowest BCUT2D eigenvalue weighted by molar-refractivity contribution is -0.152. The van der Waals surface area contributed by atoms with Crippen LogP contribution < -0.4 is 10.1 Å². The Morgan fingerprint density at radius 2 is 1.77 bits per heavy atom. The molecular weight excluding hydrogens is 350 g/mol. The predicted molar refractivity (Wildman–Crippen MR) is 102 cm³/mol. The van der Waals surface area contributed by atoms with Crippen LogP contribution in [0.25, 0.3) is 0 Å². The molecule has 0 aliphatic heterocycles. The highest BCUT2D eigenvalue weighted by atomic mass is 32.2. The molecule has 26 heavy (non-hydrogen) atoms. The van der Waals surface area contributed by atoms with E-state index in [0.717, 1.165) is 16.2 Å². The molecule has 0 fully saturated rings. The first-order valence-corrected chi connectivity index (χ1v) is 9.35. The lowest BCUT2D eigenvalue weighted by Gasteiger charge is -2.13. The second kappa shape index (κ2) is 10.5. The van der Waals surface area contributed by atoms with Crippen molar-refractivity contribution in [3.63, 3.8) is 0 Å². The van der Waals surface area contributed by atoms with E-state index in [2.05, 4.69) is 5.32 Å². The third kappa shape index (κ3) is 6.80. The molecule has 6 heteroatoms. The molecule has 0 unspecified atom stereocenters. The second-order valence-corrected chi connectivity index (χ2v) is 6.67. The monoisotopic (exact) mass is 373 g/mol. The summed E-state index contributed by atoms with van der Waals surface area (Å²) >= 11 is 1.38. The summed E-state index contributed by atoms with van der Waals surface area (Å²) < 4.78 is 10.3. The number of hydrogen-bond acceptors (Lipinski definition) is 5. The number of carbonyl (C=O) groups is 2. The molecule has 2 aromatic rings. The molecule has 1 atom stereocenters. The second-order valence-electron chi connectivity index (χ2n) is 5.62. The van der Waals surface area contributed by atoms with E-state index in [-0.39, 0.29) is 11.7 Å². The Morgan fingerprint density at radius 3 is 2.42 bits per heavy atom. The van der Waals surface area contributed by atoms with Crippen molar-refractivity contribution in [2.75, 3.05) is 19.4 Å². The molecule has 2 rings (SSSR count). The van der Waals surface area contributed by atoms with Crippen molar-refractivity contribution in [1.29, 1.82) is 0 Å². The highest BCUT2D eigenvalue weighted by molar-refractivity contribution is 8.00. The number of amides is 1. The number of benzene rings is 2. The maximum Gasteiger partial charge on any atom is 0.317 e. The summed E-state index contributed by atoms with van der Waals surface area (Å²) in [6.45, 7) is 2.06. The Hall–Kier alpha value is -2.47. The zero-order chi connectivity index (χ0) is 18.8. The van der Waals surface area contributed by atoms with Gasteiger partial charge >= 0.3 is 5.97 Å². The van der Waals surface area contributed by atoms with Crippen molar-refractivity contribution in [3.05, 3.63) is 60.2 Å². The summed E-state index contributed by atoms with van der Waals surface area (Å²) in [7, 11) is 1.62. The first kappa shape index (κ1) is 19.8. The van der Waals surface area contributed by atoms with Crippen LogP contribution in [0.1, 0.15) is 12.5 Å². The summed E-state index contributed by atoms with van der Waals surface area (Å²) in [4.78, 5) is 24.9. The van der Waals surface area contributed by atoms with Gasteiger partial charge in [-0.05, 0) is 43.2 Å². The molecule has 0 aromatic heterocycles. The molecule has 0 saturated heterocycles. The van der Waals surface area contributed by atoms with Gasteiger partial charge in [-0.25, -0.2) is 0 Å². The summed E-state index contributed by atoms with van der Waals surface area (Å²) in [5, 5.41) is 2.78. The van der Waals surface area contributed by atoms with Gasteiger partial charge in [-0.15, -0.1) is 11.8 Å². The molecule has 1 N–H and O–H groups in total. The number of hydrogen-bond donors (Lipinski definition) is 1. The standard InChI is InChI=1S/C20H23NO4S/c1-15(25-19(22)14-26-18-6-4-3-5-7-18)20(23)21-13-12-16-8-10-17(24-2)11-9-16/h3-11,15H,12-14H2,1-2H3,(H,21,23)/t15-/m1/s1. The van der Waals surface area contributed by atoms with E-state index in [1.165, 1.54) is 11.8 Å². The highest BCUT2D eigenvalue weighted by Gasteiger charge is 2.17. The van der Waals surface area contributed by atoms with Crippen LogP contribution in [0.3, 0.4) is 0 Å². The number of ether oxygens (including phenoxy) is 2. The molecule has 1 amide bonds. The van der Waals surface area contributed by atoms with E-state index < -0.39 is 12.1 Å². The molecule has 0 saturated carbocycles. The van der Waals surface area contributed by atoms with Crippen LogP contribution in [0.2, 0.25) is 0 Å². The van der Waals surface area contributed by atoms with Crippen molar-refractivity contribution in [3.8, 4) is 5.75 Å². The van der Waals surface area contributed by atoms with Gasteiger partial charge in [0.25, 0.3) is 5.91 Å². The number of carbonyl (C=O) groups excluding carboxylic acids is 2. The Labute approximate surface area is 158 Å². The van der Waals surface area contributed by atoms with Gasteiger partial charge in [-0.1, -0.05) is 30.3 Å². The van der Waals surface area contributed by atoms with E-state index in [1.807, 2.05) is 54.6 Å². The van der Waals surface area contributed by atoms with E-state index in [9.17, 15) is 9.59 Å². The van der Waals surface area contributed by atoms with Gasteiger partial charge in [0.15, 0.2) is 6.10 Å². The summed E-state index contributed by atoms with van der Waals surface area (Å²) in [6, 6.07) is 17.3. The minimum absolute atomic E-state index is 0.174. The Kier molecular flexibility index (Phi) is 8.02. The number of nitrogens with one attached hydrogen (secondary N) is 1. The Bertz CT molecular complexity index is 704. The smallest absolute Gasteiger partial charge is 0.317 e. The fraction of sp³-hybridized carbons (Fsp3) is 0.300. The molecule has 0 aliphatic carbocycles. The number of thioether (sulfide) groups is 1. The van der Waals surface area contributed by atoms with E-state index in [0.29, 0.717) is 13.0 Å². The Balaban J connectivity index is 1.66.